The highest BCUT2D eigenvalue weighted by Crippen LogP contribution is 2.25. The van der Waals surface area contributed by atoms with Crippen molar-refractivity contribution in [2.75, 3.05) is 13.1 Å². The Morgan fingerprint density at radius 2 is 1.86 bits per heavy atom. The molecule has 0 aromatic rings. The first-order valence-electron chi connectivity index (χ1n) is 8.58. The molecule has 0 bridgehead atoms. The molecule has 0 aromatic carbocycles. The van der Waals surface area contributed by atoms with Crippen LogP contribution in [0, 0.1) is 5.92 Å². The Morgan fingerprint density at radius 3 is 2.48 bits per heavy atom. The summed E-state index contributed by atoms with van der Waals surface area (Å²) in [5.74, 6) is 0.882. The molecule has 4 heteroatoms. The summed E-state index contributed by atoms with van der Waals surface area (Å²) in [6.45, 7) is 9.88. The number of amides is 1. The molecule has 4 nitrogen and oxygen atoms in total. The lowest BCUT2D eigenvalue weighted by molar-refractivity contribution is 0.0223. The Balaban J connectivity index is 1.78. The van der Waals surface area contributed by atoms with E-state index >= 15 is 0 Å². The summed E-state index contributed by atoms with van der Waals surface area (Å²) in [6, 6.07) is 0.946. The van der Waals surface area contributed by atoms with E-state index in [0.29, 0.717) is 12.1 Å². The smallest absolute Gasteiger partial charge is 0.410 e. The SMILES string of the molecule is CC1CCC(NC[C@H]2CCCN2C(=O)OC(C)(C)C)CC1. The topological polar surface area (TPSA) is 41.6 Å². The van der Waals surface area contributed by atoms with Gasteiger partial charge in [0.25, 0.3) is 0 Å². The molecular weight excluding hydrogens is 264 g/mol. The lowest BCUT2D eigenvalue weighted by Crippen LogP contribution is -2.46. The number of carbonyl (C=O) groups excluding carboxylic acids is 1. The van der Waals surface area contributed by atoms with Crippen molar-refractivity contribution in [2.24, 2.45) is 5.92 Å². The number of hydrogen-bond donors (Lipinski definition) is 1. The summed E-state index contributed by atoms with van der Waals surface area (Å²) >= 11 is 0. The maximum Gasteiger partial charge on any atom is 0.410 e. The van der Waals surface area contributed by atoms with E-state index in [9.17, 15) is 4.79 Å². The summed E-state index contributed by atoms with van der Waals surface area (Å²) in [7, 11) is 0. The highest BCUT2D eigenvalue weighted by molar-refractivity contribution is 5.69. The minimum absolute atomic E-state index is 0.149. The van der Waals surface area contributed by atoms with Crippen LogP contribution in [0.3, 0.4) is 0 Å². The maximum absolute atomic E-state index is 12.2. The molecule has 1 atom stereocenters. The average molecular weight is 296 g/mol. The molecule has 1 heterocycles. The number of nitrogens with one attached hydrogen (secondary N) is 1. The molecule has 0 unspecified atom stereocenters. The molecule has 0 aromatic heterocycles. The van der Waals surface area contributed by atoms with Gasteiger partial charge in [0.1, 0.15) is 5.60 Å². The van der Waals surface area contributed by atoms with Crippen molar-refractivity contribution < 1.29 is 9.53 Å². The Bertz CT molecular complexity index is 343. The first kappa shape index (κ1) is 16.6. The second-order valence-corrected chi connectivity index (χ2v) is 7.83. The van der Waals surface area contributed by atoms with Crippen LogP contribution in [0.5, 0.6) is 0 Å². The van der Waals surface area contributed by atoms with Crippen LogP contribution in [0.4, 0.5) is 4.79 Å². The number of likely N-dealkylation sites (tertiary alicyclic amines) is 1. The molecule has 1 N–H and O–H groups in total. The van der Waals surface area contributed by atoms with E-state index in [1.54, 1.807) is 0 Å². The first-order chi connectivity index (χ1) is 9.85. The summed E-state index contributed by atoms with van der Waals surface area (Å²) in [6.07, 6.45) is 7.25. The number of carbonyl (C=O) groups is 1. The van der Waals surface area contributed by atoms with Crippen molar-refractivity contribution in [3.8, 4) is 0 Å². The number of nitrogens with zero attached hydrogens (tertiary/aromatic N) is 1. The van der Waals surface area contributed by atoms with Gasteiger partial charge in [0.2, 0.25) is 0 Å². The van der Waals surface area contributed by atoms with Gasteiger partial charge in [-0.25, -0.2) is 4.79 Å². The average Bonchev–Trinajstić information content (AvgIpc) is 2.84. The fourth-order valence-corrected chi connectivity index (χ4v) is 3.38. The molecule has 2 aliphatic rings. The van der Waals surface area contributed by atoms with Gasteiger partial charge in [-0.05, 0) is 65.2 Å². The summed E-state index contributed by atoms with van der Waals surface area (Å²) in [5.41, 5.74) is -0.406. The predicted molar refractivity (Wildman–Crippen MR) is 85.4 cm³/mol. The molecule has 0 radical (unpaired) electrons. The molecule has 122 valence electrons. The molecule has 2 fully saturated rings. The zero-order chi connectivity index (χ0) is 15.5. The van der Waals surface area contributed by atoms with E-state index in [1.807, 2.05) is 25.7 Å². The second kappa shape index (κ2) is 6.99. The van der Waals surface area contributed by atoms with Gasteiger partial charge in [-0.2, -0.15) is 0 Å². The van der Waals surface area contributed by atoms with E-state index in [0.717, 1.165) is 31.8 Å². The van der Waals surface area contributed by atoms with Crippen molar-refractivity contribution in [1.82, 2.24) is 10.2 Å². The highest BCUT2D eigenvalue weighted by Gasteiger charge is 2.32. The molecule has 1 aliphatic heterocycles. The molecule has 21 heavy (non-hydrogen) atoms. The highest BCUT2D eigenvalue weighted by atomic mass is 16.6. The van der Waals surface area contributed by atoms with Crippen molar-refractivity contribution in [1.29, 1.82) is 0 Å². The summed E-state index contributed by atoms with van der Waals surface area (Å²) < 4.78 is 5.52. The van der Waals surface area contributed by atoms with Crippen LogP contribution >= 0.6 is 0 Å². The minimum Gasteiger partial charge on any atom is -0.444 e. The van der Waals surface area contributed by atoms with Gasteiger partial charge in [-0.3, -0.25) is 0 Å². The molecule has 0 spiro atoms. The Kier molecular flexibility index (Phi) is 5.53. The number of hydrogen-bond acceptors (Lipinski definition) is 3. The fraction of sp³-hybridized carbons (Fsp3) is 0.941. The molecule has 1 saturated carbocycles. The molecule has 1 amide bonds. The zero-order valence-corrected chi connectivity index (χ0v) is 14.2. The van der Waals surface area contributed by atoms with Gasteiger partial charge in [0.15, 0.2) is 0 Å². The number of rotatable bonds is 3. The van der Waals surface area contributed by atoms with Crippen molar-refractivity contribution >= 4 is 6.09 Å². The Hall–Kier alpha value is -0.770. The summed E-state index contributed by atoms with van der Waals surface area (Å²) in [5, 5.41) is 3.68. The predicted octanol–water partition coefficient (Wildman–Crippen LogP) is 3.55. The van der Waals surface area contributed by atoms with Crippen molar-refractivity contribution in [3.05, 3.63) is 0 Å². The van der Waals surface area contributed by atoms with Crippen molar-refractivity contribution in [3.63, 3.8) is 0 Å². The standard InChI is InChI=1S/C17H32N2O2/c1-13-7-9-14(10-8-13)18-12-15-6-5-11-19(15)16(20)21-17(2,3)4/h13-15,18H,5-12H2,1-4H3/t13?,14?,15-/m1/s1. The third-order valence-electron chi connectivity index (χ3n) is 4.66. The van der Waals surface area contributed by atoms with Crippen LogP contribution in [0.2, 0.25) is 0 Å². The molecular formula is C17H32N2O2. The van der Waals surface area contributed by atoms with Crippen LogP contribution in [-0.4, -0.2) is 41.8 Å². The lowest BCUT2D eigenvalue weighted by atomic mass is 9.87. The van der Waals surface area contributed by atoms with Crippen LogP contribution < -0.4 is 5.32 Å². The molecule has 1 aliphatic carbocycles. The van der Waals surface area contributed by atoms with Gasteiger partial charge in [-0.1, -0.05) is 6.92 Å². The Labute approximate surface area is 129 Å². The van der Waals surface area contributed by atoms with Gasteiger partial charge in [-0.15, -0.1) is 0 Å². The van der Waals surface area contributed by atoms with E-state index in [4.69, 9.17) is 4.74 Å². The van der Waals surface area contributed by atoms with Crippen LogP contribution in [0.1, 0.15) is 66.2 Å². The lowest BCUT2D eigenvalue weighted by Gasteiger charge is -2.31. The second-order valence-electron chi connectivity index (χ2n) is 7.83. The molecule has 2 rings (SSSR count). The van der Waals surface area contributed by atoms with E-state index in [-0.39, 0.29) is 6.09 Å². The van der Waals surface area contributed by atoms with Gasteiger partial charge in [0.05, 0.1) is 0 Å². The van der Waals surface area contributed by atoms with Gasteiger partial charge >= 0.3 is 6.09 Å². The fourth-order valence-electron chi connectivity index (χ4n) is 3.38. The third-order valence-corrected chi connectivity index (χ3v) is 4.66. The van der Waals surface area contributed by atoms with Crippen molar-refractivity contribution in [2.45, 2.75) is 83.9 Å². The van der Waals surface area contributed by atoms with E-state index in [1.165, 1.54) is 25.7 Å². The largest absolute Gasteiger partial charge is 0.444 e. The maximum atomic E-state index is 12.2. The number of ether oxygens (including phenoxy) is 1. The Morgan fingerprint density at radius 1 is 1.19 bits per heavy atom. The zero-order valence-electron chi connectivity index (χ0n) is 14.2. The van der Waals surface area contributed by atoms with Crippen LogP contribution in [-0.2, 0) is 4.74 Å². The van der Waals surface area contributed by atoms with Crippen LogP contribution in [0.25, 0.3) is 0 Å². The minimum atomic E-state index is -0.406. The first-order valence-corrected chi connectivity index (χ1v) is 8.58. The molecule has 1 saturated heterocycles. The van der Waals surface area contributed by atoms with Gasteiger partial charge < -0.3 is 15.0 Å². The quantitative estimate of drug-likeness (QED) is 0.866. The third kappa shape index (κ3) is 5.17. The normalized spacial score (nSPS) is 30.5. The van der Waals surface area contributed by atoms with Gasteiger partial charge in [0, 0.05) is 25.2 Å². The van der Waals surface area contributed by atoms with Crippen LogP contribution in [0.15, 0.2) is 0 Å². The summed E-state index contributed by atoms with van der Waals surface area (Å²) in [4.78, 5) is 14.2. The van der Waals surface area contributed by atoms with E-state index in [2.05, 4.69) is 12.2 Å². The van der Waals surface area contributed by atoms with E-state index < -0.39 is 5.60 Å². The monoisotopic (exact) mass is 296 g/mol.